The van der Waals surface area contributed by atoms with E-state index in [-0.39, 0.29) is 10.6 Å². The molecule has 2 aromatic carbocycles. The maximum absolute atomic E-state index is 12.9. The van der Waals surface area contributed by atoms with Gasteiger partial charge >= 0.3 is 0 Å². The van der Waals surface area contributed by atoms with E-state index in [0.717, 1.165) is 12.5 Å². The highest BCUT2D eigenvalue weighted by atomic mass is 32.2. The summed E-state index contributed by atoms with van der Waals surface area (Å²) < 4.78 is 27.1. The minimum atomic E-state index is -3.85. The summed E-state index contributed by atoms with van der Waals surface area (Å²) in [6, 6.07) is 13.9. The molecule has 2 rings (SSSR count). The van der Waals surface area contributed by atoms with E-state index in [1.54, 1.807) is 24.3 Å². The Morgan fingerprint density at radius 1 is 1.09 bits per heavy atom. The summed E-state index contributed by atoms with van der Waals surface area (Å²) in [6.07, 6.45) is 1.54. The largest absolute Gasteiger partial charge is 0.270 e. The van der Waals surface area contributed by atoms with Crippen LogP contribution in [0.2, 0.25) is 0 Å². The molecule has 0 N–H and O–H groups in total. The van der Waals surface area contributed by atoms with E-state index in [4.69, 9.17) is 0 Å². The van der Waals surface area contributed by atoms with Gasteiger partial charge in [0.15, 0.2) is 0 Å². The lowest BCUT2D eigenvalue weighted by Crippen LogP contribution is -2.32. The Morgan fingerprint density at radius 3 is 2.39 bits per heavy atom. The summed E-state index contributed by atoms with van der Waals surface area (Å²) in [7, 11) is -3.85. The first-order valence-electron chi connectivity index (χ1n) is 7.29. The molecule has 122 valence electrons. The molecule has 0 saturated carbocycles. The van der Waals surface area contributed by atoms with Gasteiger partial charge in [0.2, 0.25) is 0 Å². The van der Waals surface area contributed by atoms with Crippen LogP contribution < -0.4 is 4.31 Å². The second-order valence-corrected chi connectivity index (χ2v) is 6.88. The van der Waals surface area contributed by atoms with Crippen LogP contribution in [0.15, 0.2) is 59.5 Å². The number of benzene rings is 2. The van der Waals surface area contributed by atoms with E-state index in [2.05, 4.69) is 0 Å². The molecule has 0 radical (unpaired) electrons. The van der Waals surface area contributed by atoms with Crippen molar-refractivity contribution in [1.82, 2.24) is 0 Å². The van der Waals surface area contributed by atoms with E-state index in [1.807, 2.05) is 13.0 Å². The summed E-state index contributed by atoms with van der Waals surface area (Å²) in [5.74, 6) is 0. The fourth-order valence-electron chi connectivity index (χ4n) is 2.17. The third-order valence-corrected chi connectivity index (χ3v) is 5.20. The second-order valence-electron chi connectivity index (χ2n) is 5.02. The lowest BCUT2D eigenvalue weighted by atomic mass is 10.3. The van der Waals surface area contributed by atoms with Crippen LogP contribution in [0, 0.1) is 10.1 Å². The molecular formula is C16H18N2O4S. The van der Waals surface area contributed by atoms with Crippen molar-refractivity contribution in [2.45, 2.75) is 24.7 Å². The fraction of sp³-hybridized carbons (Fsp3) is 0.250. The van der Waals surface area contributed by atoms with Crippen molar-refractivity contribution in [2.24, 2.45) is 0 Å². The summed E-state index contributed by atoms with van der Waals surface area (Å²) in [6.45, 7) is 2.30. The molecule has 0 aromatic heterocycles. The van der Waals surface area contributed by atoms with Gasteiger partial charge in [0.25, 0.3) is 15.7 Å². The smallest absolute Gasteiger partial charge is 0.266 e. The molecule has 6 nitrogen and oxygen atoms in total. The molecule has 0 aliphatic carbocycles. The molecule has 0 bridgehead atoms. The van der Waals surface area contributed by atoms with E-state index in [0.29, 0.717) is 18.7 Å². The number of nitro groups is 1. The maximum Gasteiger partial charge on any atom is 0.270 e. The number of anilines is 1. The van der Waals surface area contributed by atoms with Crippen LogP contribution >= 0.6 is 0 Å². The first-order chi connectivity index (χ1) is 11.0. The number of non-ortho nitro benzene ring substituents is 1. The third-order valence-electron chi connectivity index (χ3n) is 3.38. The van der Waals surface area contributed by atoms with Crippen molar-refractivity contribution >= 4 is 21.4 Å². The molecule has 2 aromatic rings. The molecule has 0 aliphatic rings. The minimum Gasteiger partial charge on any atom is -0.266 e. The first kappa shape index (κ1) is 17.0. The Balaban J connectivity index is 2.48. The van der Waals surface area contributed by atoms with Gasteiger partial charge in [-0.15, -0.1) is 0 Å². The number of sulfonamides is 1. The zero-order chi connectivity index (χ0) is 16.9. The van der Waals surface area contributed by atoms with Gasteiger partial charge in [0.1, 0.15) is 0 Å². The van der Waals surface area contributed by atoms with Gasteiger partial charge in [-0.05, 0) is 24.6 Å². The molecule has 0 fully saturated rings. The fourth-order valence-corrected chi connectivity index (χ4v) is 3.71. The molecule has 0 unspecified atom stereocenters. The van der Waals surface area contributed by atoms with E-state index in [9.17, 15) is 18.5 Å². The lowest BCUT2D eigenvalue weighted by molar-refractivity contribution is -0.385. The monoisotopic (exact) mass is 334 g/mol. The normalized spacial score (nSPS) is 11.2. The Hall–Kier alpha value is -2.41. The Bertz CT molecular complexity index is 776. The highest BCUT2D eigenvalue weighted by molar-refractivity contribution is 7.92. The van der Waals surface area contributed by atoms with Gasteiger partial charge in [-0.2, -0.15) is 0 Å². The predicted molar refractivity (Wildman–Crippen MR) is 89.0 cm³/mol. The number of hydrogen-bond acceptors (Lipinski definition) is 4. The maximum atomic E-state index is 12.9. The number of rotatable bonds is 7. The Kier molecular flexibility index (Phi) is 5.33. The highest BCUT2D eigenvalue weighted by Gasteiger charge is 2.25. The zero-order valence-corrected chi connectivity index (χ0v) is 13.6. The van der Waals surface area contributed by atoms with Gasteiger partial charge in [-0.1, -0.05) is 37.6 Å². The topological polar surface area (TPSA) is 80.5 Å². The van der Waals surface area contributed by atoms with Crippen LogP contribution in [-0.4, -0.2) is 19.9 Å². The number of para-hydroxylation sites is 1. The Morgan fingerprint density at radius 2 is 1.78 bits per heavy atom. The van der Waals surface area contributed by atoms with Crippen molar-refractivity contribution < 1.29 is 13.3 Å². The summed E-state index contributed by atoms with van der Waals surface area (Å²) >= 11 is 0. The van der Waals surface area contributed by atoms with Crippen molar-refractivity contribution in [3.63, 3.8) is 0 Å². The van der Waals surface area contributed by atoms with Gasteiger partial charge in [0.05, 0.1) is 15.5 Å². The summed E-state index contributed by atoms with van der Waals surface area (Å²) in [4.78, 5) is 10.2. The number of hydrogen-bond donors (Lipinski definition) is 0. The van der Waals surface area contributed by atoms with Crippen molar-refractivity contribution in [2.75, 3.05) is 10.8 Å². The average molecular weight is 334 g/mol. The minimum absolute atomic E-state index is 0.0772. The van der Waals surface area contributed by atoms with E-state index >= 15 is 0 Å². The molecular weight excluding hydrogens is 316 g/mol. The quantitative estimate of drug-likeness (QED) is 0.572. The van der Waals surface area contributed by atoms with Gasteiger partial charge in [-0.25, -0.2) is 8.42 Å². The standard InChI is InChI=1S/C16H18N2O4S/c1-2-3-12-17(14-8-5-4-6-9-14)23(21,22)16-11-7-10-15(13-16)18(19)20/h4-11,13H,2-3,12H2,1H3. The van der Waals surface area contributed by atoms with E-state index < -0.39 is 14.9 Å². The molecule has 0 saturated heterocycles. The van der Waals surface area contributed by atoms with Gasteiger partial charge < -0.3 is 0 Å². The molecule has 0 aliphatic heterocycles. The molecule has 23 heavy (non-hydrogen) atoms. The van der Waals surface area contributed by atoms with Gasteiger partial charge in [-0.3, -0.25) is 14.4 Å². The molecule has 7 heteroatoms. The van der Waals surface area contributed by atoms with Crippen molar-refractivity contribution in [3.05, 3.63) is 64.7 Å². The van der Waals surface area contributed by atoms with Gasteiger partial charge in [0, 0.05) is 18.7 Å². The first-order valence-corrected chi connectivity index (χ1v) is 8.73. The van der Waals surface area contributed by atoms with Crippen LogP contribution in [0.4, 0.5) is 11.4 Å². The third kappa shape index (κ3) is 3.87. The molecule has 0 spiro atoms. The van der Waals surface area contributed by atoms with Crippen LogP contribution in [0.25, 0.3) is 0 Å². The van der Waals surface area contributed by atoms with E-state index in [1.165, 1.54) is 22.5 Å². The zero-order valence-electron chi connectivity index (χ0n) is 12.8. The van der Waals surface area contributed by atoms with Crippen molar-refractivity contribution in [3.8, 4) is 0 Å². The second kappa shape index (κ2) is 7.23. The summed E-state index contributed by atoms with van der Waals surface area (Å²) in [5, 5.41) is 10.9. The Labute approximate surface area is 135 Å². The van der Waals surface area contributed by atoms with Crippen LogP contribution in [0.5, 0.6) is 0 Å². The molecule has 0 heterocycles. The van der Waals surface area contributed by atoms with Crippen molar-refractivity contribution in [1.29, 1.82) is 0 Å². The van der Waals surface area contributed by atoms with Crippen LogP contribution in [-0.2, 0) is 10.0 Å². The average Bonchev–Trinajstić information content (AvgIpc) is 2.56. The molecule has 0 amide bonds. The lowest BCUT2D eigenvalue weighted by Gasteiger charge is -2.24. The number of nitrogens with zero attached hydrogens (tertiary/aromatic N) is 2. The number of nitro benzene ring substituents is 1. The molecule has 0 atom stereocenters. The highest BCUT2D eigenvalue weighted by Crippen LogP contribution is 2.26. The number of unbranched alkanes of at least 4 members (excludes halogenated alkanes) is 1. The van der Waals surface area contributed by atoms with Crippen LogP contribution in [0.1, 0.15) is 19.8 Å². The summed E-state index contributed by atoms with van der Waals surface area (Å²) in [5.41, 5.74) is 0.307. The predicted octanol–water partition coefficient (Wildman–Crippen LogP) is 3.59. The van der Waals surface area contributed by atoms with Crippen LogP contribution in [0.3, 0.4) is 0 Å². The SMILES string of the molecule is CCCCN(c1ccccc1)S(=O)(=O)c1cccc([N+](=O)[O-])c1.